The molecule has 0 heterocycles. The molecule has 3 heteroatoms. The van der Waals surface area contributed by atoms with Crippen LogP contribution < -0.4 is 10.1 Å². The van der Waals surface area contributed by atoms with E-state index in [9.17, 15) is 0 Å². The Balaban J connectivity index is 2.20. The summed E-state index contributed by atoms with van der Waals surface area (Å²) in [7, 11) is 1.71. The fourth-order valence-electron chi connectivity index (χ4n) is 2.13. The Bertz CT molecular complexity index is 366. The molecule has 19 heavy (non-hydrogen) atoms. The van der Waals surface area contributed by atoms with Crippen LogP contribution in [0.4, 0.5) is 0 Å². The van der Waals surface area contributed by atoms with Crippen molar-refractivity contribution in [2.24, 2.45) is 0 Å². The van der Waals surface area contributed by atoms with Gasteiger partial charge in [-0.05, 0) is 49.6 Å². The molecule has 2 nitrogen and oxygen atoms in total. The monoisotopic (exact) mass is 283 g/mol. The first kappa shape index (κ1) is 16.3. The molecule has 0 fully saturated rings. The molecule has 0 saturated heterocycles. The summed E-state index contributed by atoms with van der Waals surface area (Å²) in [5, 5.41) is 4.23. The summed E-state index contributed by atoms with van der Waals surface area (Å²) < 4.78 is 5.35. The summed E-state index contributed by atoms with van der Waals surface area (Å²) in [4.78, 5) is 0. The molecule has 0 aliphatic carbocycles. The number of aryl methyl sites for hydroxylation is 1. The number of nitrogens with one attached hydrogen (secondary N) is 1. The molecule has 0 aliphatic heterocycles. The van der Waals surface area contributed by atoms with E-state index in [1.807, 2.05) is 18.2 Å². The van der Waals surface area contributed by atoms with E-state index in [4.69, 9.17) is 16.3 Å². The molecule has 0 saturated carbocycles. The smallest absolute Gasteiger partial charge is 0.122 e. The Hall–Kier alpha value is -0.730. The van der Waals surface area contributed by atoms with Gasteiger partial charge in [0.25, 0.3) is 0 Å². The van der Waals surface area contributed by atoms with Gasteiger partial charge in [0.05, 0.1) is 7.11 Å². The number of hydrogen-bond acceptors (Lipinski definition) is 2. The van der Waals surface area contributed by atoms with Crippen molar-refractivity contribution >= 4 is 11.6 Å². The van der Waals surface area contributed by atoms with Crippen molar-refractivity contribution in [1.82, 2.24) is 5.32 Å². The first-order chi connectivity index (χ1) is 9.13. The Labute approximate surface area is 122 Å². The molecule has 1 N–H and O–H groups in total. The van der Waals surface area contributed by atoms with Crippen molar-refractivity contribution < 1.29 is 4.74 Å². The van der Waals surface area contributed by atoms with Crippen LogP contribution in [0.15, 0.2) is 18.2 Å². The van der Waals surface area contributed by atoms with Gasteiger partial charge in [-0.15, -0.1) is 0 Å². The third-order valence-electron chi connectivity index (χ3n) is 3.17. The Morgan fingerprint density at radius 1 is 1.16 bits per heavy atom. The standard InChI is InChI=1S/C16H26ClNO/c1-13(2)18-11-7-5-4-6-8-14-12-15(17)9-10-16(14)19-3/h9-10,12-13,18H,4-8,11H2,1-3H3. The van der Waals surface area contributed by atoms with Crippen molar-refractivity contribution in [2.75, 3.05) is 13.7 Å². The van der Waals surface area contributed by atoms with Gasteiger partial charge in [-0.2, -0.15) is 0 Å². The lowest BCUT2D eigenvalue weighted by atomic mass is 10.1. The van der Waals surface area contributed by atoms with E-state index in [1.54, 1.807) is 7.11 Å². The molecular weight excluding hydrogens is 258 g/mol. The molecule has 0 atom stereocenters. The molecule has 1 aromatic rings. The molecule has 0 amide bonds. The average Bonchev–Trinajstić information content (AvgIpc) is 2.37. The third-order valence-corrected chi connectivity index (χ3v) is 3.40. The summed E-state index contributed by atoms with van der Waals surface area (Å²) in [6.45, 7) is 5.50. The minimum Gasteiger partial charge on any atom is -0.496 e. The first-order valence-electron chi connectivity index (χ1n) is 7.19. The van der Waals surface area contributed by atoms with Gasteiger partial charge in [0, 0.05) is 11.1 Å². The SMILES string of the molecule is COc1ccc(Cl)cc1CCCCCCNC(C)C. The fraction of sp³-hybridized carbons (Fsp3) is 0.625. The van der Waals surface area contributed by atoms with Crippen LogP contribution in [0.3, 0.4) is 0 Å². The van der Waals surface area contributed by atoms with Crippen molar-refractivity contribution in [2.45, 2.75) is 52.0 Å². The summed E-state index contributed by atoms with van der Waals surface area (Å²) in [6.07, 6.45) is 6.03. The highest BCUT2D eigenvalue weighted by Gasteiger charge is 2.03. The van der Waals surface area contributed by atoms with E-state index in [0.29, 0.717) is 6.04 Å². The quantitative estimate of drug-likeness (QED) is 0.676. The van der Waals surface area contributed by atoms with Crippen molar-refractivity contribution in [3.05, 3.63) is 28.8 Å². The maximum atomic E-state index is 6.02. The van der Waals surface area contributed by atoms with Gasteiger partial charge < -0.3 is 10.1 Å². The zero-order valence-corrected chi connectivity index (χ0v) is 13.1. The van der Waals surface area contributed by atoms with Gasteiger partial charge in [0.2, 0.25) is 0 Å². The van der Waals surface area contributed by atoms with Crippen LogP contribution in [-0.2, 0) is 6.42 Å². The van der Waals surface area contributed by atoms with Gasteiger partial charge in [-0.1, -0.05) is 38.3 Å². The minimum atomic E-state index is 0.593. The van der Waals surface area contributed by atoms with Crippen LogP contribution in [-0.4, -0.2) is 19.7 Å². The number of methoxy groups -OCH3 is 1. The number of hydrogen-bond donors (Lipinski definition) is 1. The lowest BCUT2D eigenvalue weighted by Crippen LogP contribution is -2.23. The van der Waals surface area contributed by atoms with Crippen LogP contribution in [0.2, 0.25) is 5.02 Å². The van der Waals surface area contributed by atoms with Gasteiger partial charge >= 0.3 is 0 Å². The topological polar surface area (TPSA) is 21.3 Å². The van der Waals surface area contributed by atoms with Crippen LogP contribution in [0, 0.1) is 0 Å². The third kappa shape index (κ3) is 6.84. The molecule has 108 valence electrons. The summed E-state index contributed by atoms with van der Waals surface area (Å²) in [5.74, 6) is 0.950. The second kappa shape index (κ2) is 9.22. The normalized spacial score (nSPS) is 11.0. The summed E-state index contributed by atoms with van der Waals surface area (Å²) in [5.41, 5.74) is 1.22. The molecule has 0 spiro atoms. The first-order valence-corrected chi connectivity index (χ1v) is 7.57. The van der Waals surface area contributed by atoms with Gasteiger partial charge in [-0.3, -0.25) is 0 Å². The van der Waals surface area contributed by atoms with Crippen molar-refractivity contribution in [1.29, 1.82) is 0 Å². The summed E-state index contributed by atoms with van der Waals surface area (Å²) >= 11 is 6.02. The van der Waals surface area contributed by atoms with Gasteiger partial charge in [-0.25, -0.2) is 0 Å². The Kier molecular flexibility index (Phi) is 7.92. The van der Waals surface area contributed by atoms with E-state index >= 15 is 0 Å². The van der Waals surface area contributed by atoms with Crippen LogP contribution in [0.25, 0.3) is 0 Å². The Morgan fingerprint density at radius 2 is 1.89 bits per heavy atom. The van der Waals surface area contributed by atoms with Crippen LogP contribution in [0.1, 0.15) is 45.1 Å². The largest absolute Gasteiger partial charge is 0.496 e. The van der Waals surface area contributed by atoms with E-state index in [1.165, 1.54) is 31.2 Å². The zero-order chi connectivity index (χ0) is 14.1. The highest BCUT2D eigenvalue weighted by Crippen LogP contribution is 2.24. The molecule has 1 aromatic carbocycles. The maximum Gasteiger partial charge on any atom is 0.122 e. The minimum absolute atomic E-state index is 0.593. The van der Waals surface area contributed by atoms with Crippen molar-refractivity contribution in [3.63, 3.8) is 0 Å². The van der Waals surface area contributed by atoms with E-state index in [0.717, 1.165) is 23.7 Å². The molecule has 1 rings (SSSR count). The molecule has 0 radical (unpaired) electrons. The zero-order valence-electron chi connectivity index (χ0n) is 12.3. The highest BCUT2D eigenvalue weighted by atomic mass is 35.5. The lowest BCUT2D eigenvalue weighted by Gasteiger charge is -2.09. The molecule has 0 unspecified atom stereocenters. The lowest BCUT2D eigenvalue weighted by molar-refractivity contribution is 0.408. The predicted molar refractivity (Wildman–Crippen MR) is 83.3 cm³/mol. The van der Waals surface area contributed by atoms with Gasteiger partial charge in [0.1, 0.15) is 5.75 Å². The van der Waals surface area contributed by atoms with Crippen LogP contribution >= 0.6 is 11.6 Å². The predicted octanol–water partition coefficient (Wildman–Crippen LogP) is 4.45. The number of ether oxygens (including phenoxy) is 1. The second-order valence-corrected chi connectivity index (χ2v) is 5.67. The van der Waals surface area contributed by atoms with Gasteiger partial charge in [0.15, 0.2) is 0 Å². The fourth-order valence-corrected chi connectivity index (χ4v) is 2.32. The number of rotatable bonds is 9. The van der Waals surface area contributed by atoms with E-state index in [-0.39, 0.29) is 0 Å². The molecule has 0 aliphatic rings. The average molecular weight is 284 g/mol. The van der Waals surface area contributed by atoms with Crippen molar-refractivity contribution in [3.8, 4) is 5.75 Å². The number of unbranched alkanes of at least 4 members (excludes halogenated alkanes) is 3. The molecule has 0 bridgehead atoms. The molecular formula is C16H26ClNO. The highest BCUT2D eigenvalue weighted by molar-refractivity contribution is 6.30. The molecule has 0 aromatic heterocycles. The number of halogens is 1. The maximum absolute atomic E-state index is 6.02. The van der Waals surface area contributed by atoms with E-state index in [2.05, 4.69) is 19.2 Å². The van der Waals surface area contributed by atoms with Crippen LogP contribution in [0.5, 0.6) is 5.75 Å². The Morgan fingerprint density at radius 3 is 2.58 bits per heavy atom. The second-order valence-electron chi connectivity index (χ2n) is 5.23. The van der Waals surface area contributed by atoms with E-state index < -0.39 is 0 Å². The number of benzene rings is 1. The summed E-state index contributed by atoms with van der Waals surface area (Å²) in [6, 6.07) is 6.43.